The topological polar surface area (TPSA) is 86.7 Å². The molecule has 0 aromatic rings. The number of hydrogen-bond donors (Lipinski definition) is 2. The third-order valence-corrected chi connectivity index (χ3v) is 4.43. The fraction of sp³-hybridized carbons (Fsp3) is 0.786. The molecule has 1 aliphatic heterocycles. The minimum absolute atomic E-state index is 0.0466. The minimum Gasteiger partial charge on any atom is -0.480 e. The summed E-state index contributed by atoms with van der Waals surface area (Å²) in [6, 6.07) is -0.945. The number of aliphatic carboxylic acids is 1. The van der Waals surface area contributed by atoms with E-state index in [1.54, 1.807) is 0 Å². The Balaban J connectivity index is 2.38. The van der Waals surface area contributed by atoms with E-state index in [4.69, 9.17) is 5.11 Å². The Bertz CT molecular complexity index is 392. The van der Waals surface area contributed by atoms with Gasteiger partial charge < -0.3 is 15.3 Å². The molecule has 0 radical (unpaired) electrons. The van der Waals surface area contributed by atoms with Gasteiger partial charge in [-0.25, -0.2) is 4.79 Å². The number of nitrogens with one attached hydrogen (secondary N) is 1. The normalized spacial score (nSPS) is 23.5. The Morgan fingerprint density at radius 3 is 2.33 bits per heavy atom. The highest BCUT2D eigenvalue weighted by molar-refractivity contribution is 8.00. The molecule has 1 saturated heterocycles. The van der Waals surface area contributed by atoms with E-state index < -0.39 is 12.0 Å². The Labute approximate surface area is 129 Å². The van der Waals surface area contributed by atoms with Crippen LogP contribution in [0.25, 0.3) is 0 Å². The molecule has 7 heteroatoms. The van der Waals surface area contributed by atoms with E-state index in [-0.39, 0.29) is 23.3 Å². The highest BCUT2D eigenvalue weighted by atomic mass is 32.2. The molecule has 0 aromatic heterocycles. The second kappa shape index (κ2) is 8.26. The van der Waals surface area contributed by atoms with Crippen molar-refractivity contribution in [2.45, 2.75) is 33.2 Å². The second-order valence-electron chi connectivity index (χ2n) is 5.85. The maximum Gasteiger partial charge on any atom is 0.327 e. The van der Waals surface area contributed by atoms with Crippen molar-refractivity contribution >= 4 is 29.5 Å². The van der Waals surface area contributed by atoms with E-state index in [0.29, 0.717) is 11.8 Å². The number of carbonyl (C=O) groups excluding carboxylic acids is 2. The van der Waals surface area contributed by atoms with Gasteiger partial charge in [0.05, 0.1) is 5.75 Å². The van der Waals surface area contributed by atoms with E-state index in [2.05, 4.69) is 19.2 Å². The summed E-state index contributed by atoms with van der Waals surface area (Å²) in [5, 5.41) is 11.3. The number of carboxylic acids is 1. The van der Waals surface area contributed by atoms with Gasteiger partial charge in [-0.3, -0.25) is 9.59 Å². The van der Waals surface area contributed by atoms with Gasteiger partial charge in [-0.2, -0.15) is 0 Å². The predicted molar refractivity (Wildman–Crippen MR) is 82.1 cm³/mol. The summed E-state index contributed by atoms with van der Waals surface area (Å²) >= 11 is 1.25. The van der Waals surface area contributed by atoms with Crippen LogP contribution in [0.3, 0.4) is 0 Å². The molecule has 0 aromatic carbocycles. The molecule has 1 heterocycles. The molecule has 1 aliphatic rings. The first-order valence-electron chi connectivity index (χ1n) is 7.15. The van der Waals surface area contributed by atoms with E-state index in [0.717, 1.165) is 19.5 Å². The van der Waals surface area contributed by atoms with Gasteiger partial charge in [0, 0.05) is 25.8 Å². The van der Waals surface area contributed by atoms with Crippen molar-refractivity contribution in [1.82, 2.24) is 10.2 Å². The molecule has 3 atom stereocenters. The zero-order valence-corrected chi connectivity index (χ0v) is 13.6. The molecular weight excluding hydrogens is 292 g/mol. The number of rotatable bonds is 6. The van der Waals surface area contributed by atoms with Crippen molar-refractivity contribution in [1.29, 1.82) is 0 Å². The molecule has 0 aliphatic carbocycles. The highest BCUT2D eigenvalue weighted by Crippen LogP contribution is 2.21. The molecule has 1 fully saturated rings. The summed E-state index contributed by atoms with van der Waals surface area (Å²) in [6.45, 7) is 7.11. The Kier molecular flexibility index (Phi) is 7.01. The first kappa shape index (κ1) is 17.8. The number of likely N-dealkylation sites (tertiary alicyclic amines) is 1. The van der Waals surface area contributed by atoms with Crippen LogP contribution in [0, 0.1) is 11.8 Å². The minimum atomic E-state index is -1.08. The molecule has 120 valence electrons. The van der Waals surface area contributed by atoms with E-state index in [9.17, 15) is 14.4 Å². The number of carboxylic acid groups (broad SMARTS) is 1. The van der Waals surface area contributed by atoms with Crippen LogP contribution in [-0.4, -0.2) is 58.4 Å². The molecule has 0 bridgehead atoms. The zero-order valence-electron chi connectivity index (χ0n) is 12.8. The van der Waals surface area contributed by atoms with E-state index in [1.807, 2.05) is 4.90 Å². The molecule has 2 N–H and O–H groups in total. The number of thioether (sulfide) groups is 1. The number of hydrogen-bond acceptors (Lipinski definition) is 4. The van der Waals surface area contributed by atoms with Crippen molar-refractivity contribution in [2.24, 2.45) is 11.8 Å². The Morgan fingerprint density at radius 1 is 1.29 bits per heavy atom. The van der Waals surface area contributed by atoms with Crippen LogP contribution in [0.15, 0.2) is 0 Å². The lowest BCUT2D eigenvalue weighted by Crippen LogP contribution is -2.44. The van der Waals surface area contributed by atoms with Crippen molar-refractivity contribution in [3.05, 3.63) is 0 Å². The van der Waals surface area contributed by atoms with Crippen molar-refractivity contribution < 1.29 is 19.5 Å². The molecule has 6 nitrogen and oxygen atoms in total. The van der Waals surface area contributed by atoms with Gasteiger partial charge in [-0.1, -0.05) is 13.8 Å². The molecule has 21 heavy (non-hydrogen) atoms. The van der Waals surface area contributed by atoms with Crippen molar-refractivity contribution in [2.75, 3.05) is 24.6 Å². The van der Waals surface area contributed by atoms with Crippen LogP contribution in [-0.2, 0) is 14.4 Å². The largest absolute Gasteiger partial charge is 0.480 e. The maximum atomic E-state index is 12.1. The monoisotopic (exact) mass is 316 g/mol. The number of piperidine rings is 1. The average molecular weight is 316 g/mol. The van der Waals surface area contributed by atoms with Gasteiger partial charge in [0.2, 0.25) is 11.8 Å². The molecule has 1 rings (SSSR count). The SMILES string of the molecule is CC(=O)NC(CSCC(=O)N1CC(C)CC(C)C1)C(=O)O. The molecule has 2 amide bonds. The number of amides is 2. The van der Waals surface area contributed by atoms with Gasteiger partial charge in [0.25, 0.3) is 0 Å². The standard InChI is InChI=1S/C14H24N2O4S/c1-9-4-10(2)6-16(5-9)13(18)8-21-7-12(14(19)20)15-11(3)17/h9-10,12H,4-8H2,1-3H3,(H,15,17)(H,19,20). The van der Waals surface area contributed by atoms with Crippen LogP contribution in [0.2, 0.25) is 0 Å². The summed E-state index contributed by atoms with van der Waals surface area (Å²) in [6.07, 6.45) is 1.14. The average Bonchev–Trinajstić information content (AvgIpc) is 2.35. The van der Waals surface area contributed by atoms with Crippen molar-refractivity contribution in [3.63, 3.8) is 0 Å². The summed E-state index contributed by atoms with van der Waals surface area (Å²) in [7, 11) is 0. The summed E-state index contributed by atoms with van der Waals surface area (Å²) < 4.78 is 0. The highest BCUT2D eigenvalue weighted by Gasteiger charge is 2.26. The fourth-order valence-corrected chi connectivity index (χ4v) is 3.58. The van der Waals surface area contributed by atoms with Crippen LogP contribution in [0.1, 0.15) is 27.2 Å². The summed E-state index contributed by atoms with van der Waals surface area (Å²) in [5.41, 5.74) is 0. The molecular formula is C14H24N2O4S. The quantitative estimate of drug-likeness (QED) is 0.757. The van der Waals surface area contributed by atoms with Gasteiger partial charge >= 0.3 is 5.97 Å². The lowest BCUT2D eigenvalue weighted by molar-refractivity contribution is -0.140. The zero-order chi connectivity index (χ0) is 16.0. The first-order valence-corrected chi connectivity index (χ1v) is 8.30. The lowest BCUT2D eigenvalue weighted by atomic mass is 9.92. The third-order valence-electron chi connectivity index (χ3n) is 3.41. The summed E-state index contributed by atoms with van der Waals surface area (Å²) in [5.74, 6) is 0.0500. The van der Waals surface area contributed by atoms with Gasteiger partial charge in [0.15, 0.2) is 0 Å². The van der Waals surface area contributed by atoms with Gasteiger partial charge in [-0.05, 0) is 18.3 Å². The number of nitrogens with zero attached hydrogens (tertiary/aromatic N) is 1. The molecule has 3 unspecified atom stereocenters. The third kappa shape index (κ3) is 6.37. The van der Waals surface area contributed by atoms with Gasteiger partial charge in [0.1, 0.15) is 6.04 Å². The lowest BCUT2D eigenvalue weighted by Gasteiger charge is -2.35. The molecule has 0 saturated carbocycles. The van der Waals surface area contributed by atoms with E-state index in [1.165, 1.54) is 18.7 Å². The maximum absolute atomic E-state index is 12.1. The predicted octanol–water partition coefficient (Wildman–Crippen LogP) is 0.813. The number of carbonyl (C=O) groups is 3. The van der Waals surface area contributed by atoms with Crippen LogP contribution < -0.4 is 5.32 Å². The van der Waals surface area contributed by atoms with Gasteiger partial charge in [-0.15, -0.1) is 11.8 Å². The fourth-order valence-electron chi connectivity index (χ4n) is 2.64. The van der Waals surface area contributed by atoms with Crippen LogP contribution in [0.5, 0.6) is 0 Å². The second-order valence-corrected chi connectivity index (χ2v) is 6.88. The Hall–Kier alpha value is -1.24. The Morgan fingerprint density at radius 2 is 1.86 bits per heavy atom. The smallest absolute Gasteiger partial charge is 0.327 e. The van der Waals surface area contributed by atoms with Crippen molar-refractivity contribution in [3.8, 4) is 0 Å². The first-order chi connectivity index (χ1) is 9.79. The van der Waals surface area contributed by atoms with Crippen LogP contribution in [0.4, 0.5) is 0 Å². The molecule has 0 spiro atoms. The van der Waals surface area contributed by atoms with Crippen LogP contribution >= 0.6 is 11.8 Å². The summed E-state index contributed by atoms with van der Waals surface area (Å²) in [4.78, 5) is 35.9. The van der Waals surface area contributed by atoms with E-state index >= 15 is 0 Å².